The molecule has 0 aliphatic heterocycles. The lowest BCUT2D eigenvalue weighted by Gasteiger charge is -2.03. The van der Waals surface area contributed by atoms with Gasteiger partial charge in [0.15, 0.2) is 0 Å². The van der Waals surface area contributed by atoms with Crippen molar-refractivity contribution in [3.05, 3.63) is 40.1 Å². The van der Waals surface area contributed by atoms with Crippen molar-refractivity contribution in [1.82, 2.24) is 0 Å². The van der Waals surface area contributed by atoms with Crippen molar-refractivity contribution >= 4 is 50.0 Å². The SMILES string of the molecule is O=C(O)COCC(=O)Nc1scc2c1c(=O)oc1ccccc12. The molecular formula is C15H11NO6S. The van der Waals surface area contributed by atoms with E-state index in [9.17, 15) is 14.4 Å². The summed E-state index contributed by atoms with van der Waals surface area (Å²) in [5.74, 6) is -1.70. The van der Waals surface area contributed by atoms with E-state index >= 15 is 0 Å². The Morgan fingerprint density at radius 2 is 2.00 bits per heavy atom. The Morgan fingerprint density at radius 1 is 1.22 bits per heavy atom. The zero-order valence-corrected chi connectivity index (χ0v) is 12.5. The van der Waals surface area contributed by atoms with E-state index in [1.807, 2.05) is 12.1 Å². The number of hydrogen-bond donors (Lipinski definition) is 2. The maximum atomic E-state index is 12.1. The number of ether oxygens (including phenoxy) is 1. The van der Waals surface area contributed by atoms with Gasteiger partial charge in [0.05, 0.1) is 0 Å². The molecule has 1 aromatic carbocycles. The summed E-state index contributed by atoms with van der Waals surface area (Å²) in [5, 5.41) is 14.9. The molecule has 0 saturated carbocycles. The highest BCUT2D eigenvalue weighted by atomic mass is 32.1. The number of carboxylic acids is 1. The van der Waals surface area contributed by atoms with E-state index in [0.29, 0.717) is 21.4 Å². The van der Waals surface area contributed by atoms with Crippen molar-refractivity contribution in [2.24, 2.45) is 0 Å². The van der Waals surface area contributed by atoms with E-state index in [-0.39, 0.29) is 0 Å². The number of benzene rings is 1. The van der Waals surface area contributed by atoms with Gasteiger partial charge in [0.1, 0.15) is 29.2 Å². The summed E-state index contributed by atoms with van der Waals surface area (Å²) in [6.07, 6.45) is 0. The van der Waals surface area contributed by atoms with Crippen LogP contribution in [0.5, 0.6) is 0 Å². The Bertz CT molecular complexity index is 957. The quantitative estimate of drug-likeness (QED) is 0.692. The summed E-state index contributed by atoms with van der Waals surface area (Å²) < 4.78 is 9.97. The first kappa shape index (κ1) is 15.2. The predicted octanol–water partition coefficient (Wildman–Crippen LogP) is 2.05. The van der Waals surface area contributed by atoms with Crippen LogP contribution in [0.25, 0.3) is 21.7 Å². The average Bonchev–Trinajstić information content (AvgIpc) is 2.91. The molecule has 0 fully saturated rings. The van der Waals surface area contributed by atoms with Crippen LogP contribution in [-0.2, 0) is 14.3 Å². The fraction of sp³-hybridized carbons (Fsp3) is 0.133. The van der Waals surface area contributed by atoms with Gasteiger partial charge < -0.3 is 19.6 Å². The van der Waals surface area contributed by atoms with Gasteiger partial charge in [0.2, 0.25) is 0 Å². The van der Waals surface area contributed by atoms with E-state index in [1.165, 1.54) is 11.3 Å². The minimum Gasteiger partial charge on any atom is -0.480 e. The Hall–Kier alpha value is -2.71. The van der Waals surface area contributed by atoms with Gasteiger partial charge in [0, 0.05) is 16.2 Å². The summed E-state index contributed by atoms with van der Waals surface area (Å²) >= 11 is 1.20. The Kier molecular flexibility index (Phi) is 4.09. The van der Waals surface area contributed by atoms with Crippen molar-refractivity contribution in [1.29, 1.82) is 0 Å². The van der Waals surface area contributed by atoms with Crippen LogP contribution >= 0.6 is 11.3 Å². The summed E-state index contributed by atoms with van der Waals surface area (Å²) in [5.41, 5.74) is -0.0628. The number of hydrogen-bond acceptors (Lipinski definition) is 6. The van der Waals surface area contributed by atoms with Gasteiger partial charge in [-0.3, -0.25) is 4.79 Å². The topological polar surface area (TPSA) is 106 Å². The van der Waals surface area contributed by atoms with Crippen LogP contribution in [0.15, 0.2) is 38.9 Å². The number of carboxylic acid groups (broad SMARTS) is 1. The van der Waals surface area contributed by atoms with Gasteiger partial charge in [-0.1, -0.05) is 18.2 Å². The molecule has 0 saturated heterocycles. The minimum absolute atomic E-state index is 0.292. The lowest BCUT2D eigenvalue weighted by molar-refractivity contribution is -0.143. The molecule has 0 atom stereocenters. The molecule has 7 nitrogen and oxygen atoms in total. The maximum Gasteiger partial charge on any atom is 0.347 e. The number of amides is 1. The van der Waals surface area contributed by atoms with Crippen LogP contribution in [0.3, 0.4) is 0 Å². The van der Waals surface area contributed by atoms with Crippen molar-refractivity contribution in [2.45, 2.75) is 0 Å². The fourth-order valence-electron chi connectivity index (χ4n) is 2.17. The summed E-state index contributed by atoms with van der Waals surface area (Å²) in [7, 11) is 0. The second-order valence-electron chi connectivity index (χ2n) is 4.67. The molecule has 0 spiro atoms. The van der Waals surface area contributed by atoms with Crippen LogP contribution in [0.4, 0.5) is 5.00 Å². The van der Waals surface area contributed by atoms with Crippen molar-refractivity contribution in [3.8, 4) is 0 Å². The zero-order chi connectivity index (χ0) is 16.4. The smallest absolute Gasteiger partial charge is 0.347 e. The van der Waals surface area contributed by atoms with Crippen LogP contribution in [0.1, 0.15) is 0 Å². The molecule has 23 heavy (non-hydrogen) atoms. The zero-order valence-electron chi connectivity index (χ0n) is 11.7. The van der Waals surface area contributed by atoms with E-state index in [0.717, 1.165) is 5.39 Å². The molecular weight excluding hydrogens is 322 g/mol. The lowest BCUT2D eigenvalue weighted by Crippen LogP contribution is -2.20. The number of nitrogens with one attached hydrogen (secondary N) is 1. The predicted molar refractivity (Wildman–Crippen MR) is 85.0 cm³/mol. The molecule has 3 aromatic rings. The number of rotatable bonds is 5. The monoisotopic (exact) mass is 333 g/mol. The average molecular weight is 333 g/mol. The first-order chi connectivity index (χ1) is 11.1. The van der Waals surface area contributed by atoms with Crippen LogP contribution in [0, 0.1) is 0 Å². The lowest BCUT2D eigenvalue weighted by atomic mass is 10.1. The normalized spacial score (nSPS) is 11.0. The van der Waals surface area contributed by atoms with Crippen molar-refractivity contribution < 1.29 is 23.8 Å². The molecule has 1 amide bonds. The number of carbonyl (C=O) groups excluding carboxylic acids is 1. The Morgan fingerprint density at radius 3 is 2.78 bits per heavy atom. The third kappa shape index (κ3) is 3.08. The molecule has 3 rings (SSSR count). The molecule has 2 aromatic heterocycles. The van der Waals surface area contributed by atoms with Gasteiger partial charge >= 0.3 is 11.6 Å². The molecule has 2 heterocycles. The van der Waals surface area contributed by atoms with Gasteiger partial charge in [-0.05, 0) is 6.07 Å². The molecule has 0 unspecified atom stereocenters. The summed E-state index contributed by atoms with van der Waals surface area (Å²) in [6.45, 7) is -0.976. The van der Waals surface area contributed by atoms with Gasteiger partial charge in [-0.15, -0.1) is 11.3 Å². The van der Waals surface area contributed by atoms with Gasteiger partial charge in [-0.25, -0.2) is 9.59 Å². The highest BCUT2D eigenvalue weighted by Crippen LogP contribution is 2.33. The van der Waals surface area contributed by atoms with Crippen LogP contribution in [-0.4, -0.2) is 30.2 Å². The van der Waals surface area contributed by atoms with Gasteiger partial charge in [0.25, 0.3) is 5.91 Å². The van der Waals surface area contributed by atoms with Crippen molar-refractivity contribution in [3.63, 3.8) is 0 Å². The maximum absolute atomic E-state index is 12.1. The number of carbonyl (C=O) groups is 2. The molecule has 0 aliphatic rings. The summed E-state index contributed by atoms with van der Waals surface area (Å²) in [4.78, 5) is 34.2. The Labute approximate surface area is 133 Å². The standard InChI is InChI=1S/C15H11NO6S/c17-11(5-21-6-12(18)19)16-14-13-9(7-23-14)8-3-1-2-4-10(8)22-15(13)20/h1-4,7H,5-6H2,(H,16,17)(H,18,19). The fourth-order valence-corrected chi connectivity index (χ4v) is 3.14. The van der Waals surface area contributed by atoms with Crippen LogP contribution < -0.4 is 10.9 Å². The highest BCUT2D eigenvalue weighted by molar-refractivity contribution is 7.16. The molecule has 2 N–H and O–H groups in total. The second kappa shape index (κ2) is 6.19. The summed E-state index contributed by atoms with van der Waals surface area (Å²) in [6, 6.07) is 7.13. The third-order valence-electron chi connectivity index (χ3n) is 3.09. The number of fused-ring (bicyclic) bond motifs is 3. The molecule has 8 heteroatoms. The van der Waals surface area contributed by atoms with Crippen LogP contribution in [0.2, 0.25) is 0 Å². The highest BCUT2D eigenvalue weighted by Gasteiger charge is 2.15. The largest absolute Gasteiger partial charge is 0.480 e. The molecule has 0 aliphatic carbocycles. The number of para-hydroxylation sites is 1. The minimum atomic E-state index is -1.16. The second-order valence-corrected chi connectivity index (χ2v) is 5.55. The first-order valence-corrected chi connectivity index (χ1v) is 7.46. The number of thiophene rings is 1. The Balaban J connectivity index is 1.91. The van der Waals surface area contributed by atoms with E-state index in [4.69, 9.17) is 14.3 Å². The molecule has 118 valence electrons. The van der Waals surface area contributed by atoms with E-state index < -0.39 is 30.7 Å². The number of aliphatic carboxylic acids is 1. The van der Waals surface area contributed by atoms with E-state index in [2.05, 4.69) is 5.32 Å². The van der Waals surface area contributed by atoms with Gasteiger partial charge in [-0.2, -0.15) is 0 Å². The number of anilines is 1. The first-order valence-electron chi connectivity index (χ1n) is 6.58. The van der Waals surface area contributed by atoms with Crippen molar-refractivity contribution in [2.75, 3.05) is 18.5 Å². The van der Waals surface area contributed by atoms with E-state index in [1.54, 1.807) is 17.5 Å². The third-order valence-corrected chi connectivity index (χ3v) is 3.98. The molecule has 0 radical (unpaired) electrons. The molecule has 0 bridgehead atoms.